The van der Waals surface area contributed by atoms with Crippen LogP contribution in [0.4, 0.5) is 0 Å². The van der Waals surface area contributed by atoms with E-state index in [1.807, 2.05) is 0 Å². The van der Waals surface area contributed by atoms with Crippen LogP contribution >= 0.6 is 15.6 Å². The van der Waals surface area contributed by atoms with E-state index < -0.39 is 97.5 Å². The normalized spacial score (nSPS) is 14.4. The van der Waals surface area contributed by atoms with E-state index in [1.165, 1.54) is 167 Å². The fourth-order valence-electron chi connectivity index (χ4n) is 10.7. The third-order valence-corrected chi connectivity index (χ3v) is 18.7. The lowest BCUT2D eigenvalue weighted by Gasteiger charge is -2.21. The number of carbonyl (C=O) groups is 4. The minimum Gasteiger partial charge on any atom is -0.462 e. The predicted octanol–water partition coefficient (Wildman–Crippen LogP) is 20.4. The van der Waals surface area contributed by atoms with E-state index in [0.717, 1.165) is 115 Å². The maximum atomic E-state index is 13.0. The molecule has 17 nitrogen and oxygen atoms in total. The average Bonchev–Trinajstić information content (AvgIpc) is 3.70. The number of carbonyl (C=O) groups excluding carboxylic acids is 4. The van der Waals surface area contributed by atoms with Crippen molar-refractivity contribution in [1.82, 2.24) is 0 Å². The second-order valence-electron chi connectivity index (χ2n) is 26.3. The molecule has 3 unspecified atom stereocenters. The third-order valence-electron chi connectivity index (χ3n) is 16.8. The van der Waals surface area contributed by atoms with Crippen molar-refractivity contribution in [3.63, 3.8) is 0 Å². The van der Waals surface area contributed by atoms with E-state index >= 15 is 0 Å². The molecule has 0 heterocycles. The second kappa shape index (κ2) is 63.1. The largest absolute Gasteiger partial charge is 0.472 e. The van der Waals surface area contributed by atoms with Crippen LogP contribution in [0.3, 0.4) is 0 Å². The van der Waals surface area contributed by atoms with Gasteiger partial charge in [-0.1, -0.05) is 311 Å². The number of ether oxygens (including phenoxy) is 4. The van der Waals surface area contributed by atoms with Gasteiger partial charge < -0.3 is 33.8 Å². The molecule has 0 spiro atoms. The Morgan fingerprint density at radius 1 is 0.322 bits per heavy atom. The maximum Gasteiger partial charge on any atom is 0.472 e. The highest BCUT2D eigenvalue weighted by molar-refractivity contribution is 7.47. The summed E-state index contributed by atoms with van der Waals surface area (Å²) in [7, 11) is -9.90. The number of phosphoric acid groups is 2. The van der Waals surface area contributed by atoms with Crippen LogP contribution in [-0.4, -0.2) is 96.7 Å². The topological polar surface area (TPSA) is 237 Å². The fourth-order valence-corrected chi connectivity index (χ4v) is 12.3. The highest BCUT2D eigenvalue weighted by atomic mass is 31.2. The Balaban J connectivity index is 5.21. The van der Waals surface area contributed by atoms with Crippen LogP contribution in [-0.2, 0) is 65.4 Å². The smallest absolute Gasteiger partial charge is 0.462 e. The number of esters is 4. The summed E-state index contributed by atoms with van der Waals surface area (Å²) in [6.45, 7) is 9.56. The number of aliphatic hydroxyl groups is 1. The number of rotatable bonds is 70. The van der Waals surface area contributed by atoms with E-state index in [9.17, 15) is 43.2 Å². The first-order valence-corrected chi connectivity index (χ1v) is 40.0. The van der Waals surface area contributed by atoms with Gasteiger partial charge in [0.05, 0.1) is 26.4 Å². The predicted molar refractivity (Wildman–Crippen MR) is 363 cm³/mol. The fraction of sp³-hybridized carbons (Fsp3) is 0.944. The number of phosphoric ester groups is 2. The molecule has 0 aliphatic heterocycles. The van der Waals surface area contributed by atoms with Gasteiger partial charge in [-0.25, -0.2) is 9.13 Å². The zero-order chi connectivity index (χ0) is 66.5. The van der Waals surface area contributed by atoms with Gasteiger partial charge in [-0.05, 0) is 37.5 Å². The molecule has 0 fully saturated rings. The molecule has 0 rings (SSSR count). The molecule has 534 valence electrons. The van der Waals surface area contributed by atoms with Crippen molar-refractivity contribution >= 4 is 39.5 Å². The molecule has 0 amide bonds. The monoisotopic (exact) mass is 1320 g/mol. The molecule has 19 heteroatoms. The summed E-state index contributed by atoms with van der Waals surface area (Å²) in [5.41, 5.74) is 0. The average molecular weight is 1330 g/mol. The Hall–Kier alpha value is -1.94. The van der Waals surface area contributed by atoms with Crippen molar-refractivity contribution in [3.8, 4) is 0 Å². The number of hydrogen-bond donors (Lipinski definition) is 3. The molecule has 90 heavy (non-hydrogen) atoms. The standard InChI is InChI=1S/C71H138O17P2/c1-7-10-12-14-16-17-18-19-20-24-31-37-43-49-55-70(75)87-66(59-81-68(73)53-47-41-33-15-13-11-8-2)61-85-89(77,78)83-57-65(72)58-84-90(79,80)86-62-67(60-82-69(74)54-48-42-36-30-27-26-29-35-40-46-52-64(6)9-3)88-71(76)56-50-44-38-32-25-22-21-23-28-34-39-45-51-63(4)5/h63-67,72H,7-62H2,1-6H3,(H,77,78)(H,79,80)/t64?,65-,66+,67+/m0/s1. The Morgan fingerprint density at radius 3 is 0.844 bits per heavy atom. The second-order valence-corrected chi connectivity index (χ2v) is 29.3. The summed E-state index contributed by atoms with van der Waals surface area (Å²) in [4.78, 5) is 72.5. The minimum absolute atomic E-state index is 0.107. The van der Waals surface area contributed by atoms with Gasteiger partial charge in [0.1, 0.15) is 19.3 Å². The van der Waals surface area contributed by atoms with Crippen LogP contribution in [0, 0.1) is 11.8 Å². The molecule has 0 radical (unpaired) electrons. The molecule has 0 aliphatic rings. The number of aliphatic hydroxyl groups excluding tert-OH is 1. The molecular formula is C71H138O17P2. The van der Waals surface area contributed by atoms with Gasteiger partial charge in [0.25, 0.3) is 0 Å². The zero-order valence-corrected chi connectivity index (χ0v) is 60.2. The molecule has 0 aromatic heterocycles. The van der Waals surface area contributed by atoms with Crippen LogP contribution < -0.4 is 0 Å². The third kappa shape index (κ3) is 63.5. The summed E-state index contributed by atoms with van der Waals surface area (Å²) in [6.07, 6.45) is 48.5. The van der Waals surface area contributed by atoms with Crippen molar-refractivity contribution in [2.75, 3.05) is 39.6 Å². The molecule has 0 bridgehead atoms. The first kappa shape index (κ1) is 88.1. The summed E-state index contributed by atoms with van der Waals surface area (Å²) in [6, 6.07) is 0. The highest BCUT2D eigenvalue weighted by Gasteiger charge is 2.30. The van der Waals surface area contributed by atoms with Crippen molar-refractivity contribution in [3.05, 3.63) is 0 Å². The lowest BCUT2D eigenvalue weighted by Crippen LogP contribution is -2.30. The van der Waals surface area contributed by atoms with Gasteiger partial charge in [0, 0.05) is 25.7 Å². The molecular weight excluding hydrogens is 1190 g/mol. The zero-order valence-electron chi connectivity index (χ0n) is 58.4. The van der Waals surface area contributed by atoms with Crippen LogP contribution in [0.25, 0.3) is 0 Å². The highest BCUT2D eigenvalue weighted by Crippen LogP contribution is 2.45. The summed E-state index contributed by atoms with van der Waals surface area (Å²) in [5, 5.41) is 10.6. The van der Waals surface area contributed by atoms with Crippen LogP contribution in [0.1, 0.15) is 363 Å². The van der Waals surface area contributed by atoms with Gasteiger partial charge in [0.15, 0.2) is 12.2 Å². The maximum absolute atomic E-state index is 13.0. The van der Waals surface area contributed by atoms with Crippen molar-refractivity contribution in [2.24, 2.45) is 11.8 Å². The van der Waals surface area contributed by atoms with E-state index in [4.69, 9.17) is 37.0 Å². The SMILES string of the molecule is CCCCCCCCCCCCCCCCC(=O)O[C@H](COC(=O)CCCCCCCCC)COP(=O)(O)OC[C@H](O)COP(=O)(O)OC[C@@H](COC(=O)CCCCCCCCCCCCC(C)CC)OC(=O)CCCCCCCCCCCCCCC(C)C. The van der Waals surface area contributed by atoms with E-state index in [2.05, 4.69) is 41.5 Å². The van der Waals surface area contributed by atoms with Gasteiger partial charge in [-0.3, -0.25) is 37.3 Å². The quantitative estimate of drug-likeness (QED) is 0.0222. The molecule has 0 saturated carbocycles. The Kier molecular flexibility index (Phi) is 61.8. The molecule has 3 N–H and O–H groups in total. The lowest BCUT2D eigenvalue weighted by molar-refractivity contribution is -0.161. The van der Waals surface area contributed by atoms with Crippen molar-refractivity contribution < 1.29 is 80.2 Å². The number of unbranched alkanes of at least 4 members (excludes halogenated alkanes) is 39. The summed E-state index contributed by atoms with van der Waals surface area (Å²) in [5.74, 6) is -0.539. The van der Waals surface area contributed by atoms with Gasteiger partial charge in [-0.15, -0.1) is 0 Å². The van der Waals surface area contributed by atoms with Gasteiger partial charge in [0.2, 0.25) is 0 Å². The first-order chi connectivity index (χ1) is 43.4. The Morgan fingerprint density at radius 2 is 0.567 bits per heavy atom. The molecule has 0 saturated heterocycles. The van der Waals surface area contributed by atoms with Gasteiger partial charge >= 0.3 is 39.5 Å². The molecule has 6 atom stereocenters. The first-order valence-electron chi connectivity index (χ1n) is 37.0. The minimum atomic E-state index is -4.95. The van der Waals surface area contributed by atoms with Gasteiger partial charge in [-0.2, -0.15) is 0 Å². The van der Waals surface area contributed by atoms with E-state index in [0.29, 0.717) is 25.7 Å². The Bertz CT molecular complexity index is 1750. The van der Waals surface area contributed by atoms with E-state index in [-0.39, 0.29) is 25.7 Å². The van der Waals surface area contributed by atoms with Crippen LogP contribution in [0.5, 0.6) is 0 Å². The molecule has 0 aliphatic carbocycles. The molecule has 0 aromatic rings. The molecule has 0 aromatic carbocycles. The Labute approximate surface area is 549 Å². The van der Waals surface area contributed by atoms with Crippen LogP contribution in [0.2, 0.25) is 0 Å². The number of hydrogen-bond acceptors (Lipinski definition) is 15. The lowest BCUT2D eigenvalue weighted by atomic mass is 9.99. The van der Waals surface area contributed by atoms with Crippen molar-refractivity contribution in [1.29, 1.82) is 0 Å². The van der Waals surface area contributed by atoms with Crippen LogP contribution in [0.15, 0.2) is 0 Å². The van der Waals surface area contributed by atoms with Crippen molar-refractivity contribution in [2.45, 2.75) is 381 Å². The summed E-state index contributed by atoms with van der Waals surface area (Å²) < 4.78 is 68.3. The van der Waals surface area contributed by atoms with E-state index in [1.54, 1.807) is 0 Å². The summed E-state index contributed by atoms with van der Waals surface area (Å²) >= 11 is 0.